The fourth-order valence-corrected chi connectivity index (χ4v) is 5.94. The fourth-order valence-electron chi connectivity index (χ4n) is 5.94. The van der Waals surface area contributed by atoms with Crippen molar-refractivity contribution in [2.24, 2.45) is 0 Å². The van der Waals surface area contributed by atoms with Crippen LogP contribution < -0.4 is 31.4 Å². The molecule has 3 saturated heterocycles. The number of hydrogen-bond acceptors (Lipinski definition) is 19. The van der Waals surface area contributed by atoms with Crippen LogP contribution in [0.4, 0.5) is 16.2 Å². The number of anilines is 2. The Morgan fingerprint density at radius 2 is 1.09 bits per heavy atom. The number of aliphatic hydroxyl groups excluding tert-OH is 2. The second kappa shape index (κ2) is 17.3. The van der Waals surface area contributed by atoms with E-state index in [1.165, 1.54) is 52.0 Å². The molecule has 3 fully saturated rings. The molecule has 3 aliphatic heterocycles. The van der Waals surface area contributed by atoms with Crippen molar-refractivity contribution < 1.29 is 80.9 Å². The number of ether oxygens (including phenoxy) is 8. The molecule has 2 unspecified atom stereocenters. The highest BCUT2D eigenvalue weighted by molar-refractivity contribution is 5.92. The molecule has 0 bridgehead atoms. The molecular weight excluding hydrogens is 776 g/mol. The first-order valence-electron chi connectivity index (χ1n) is 17.4. The van der Waals surface area contributed by atoms with Crippen molar-refractivity contribution in [3.63, 3.8) is 0 Å². The number of benzene rings is 2. The first-order valence-corrected chi connectivity index (χ1v) is 17.4. The summed E-state index contributed by atoms with van der Waals surface area (Å²) in [6.07, 6.45) is -9.12. The van der Waals surface area contributed by atoms with Crippen LogP contribution in [-0.2, 0) is 47.6 Å². The van der Waals surface area contributed by atoms with Crippen molar-refractivity contribution in [2.75, 3.05) is 23.8 Å². The molecule has 0 radical (unpaired) electrons. The Hall–Kier alpha value is -6.55. The summed E-state index contributed by atoms with van der Waals surface area (Å²) in [5.41, 5.74) is -0.993. The van der Waals surface area contributed by atoms with Gasteiger partial charge in [-0.05, 0) is 36.4 Å². The van der Waals surface area contributed by atoms with Gasteiger partial charge in [0.2, 0.25) is 30.5 Å². The zero-order valence-corrected chi connectivity index (χ0v) is 31.0. The molecule has 0 aliphatic carbocycles. The summed E-state index contributed by atoms with van der Waals surface area (Å²) < 4.78 is 52.7. The molecule has 2 amide bonds. The number of fused-ring (bicyclic) bond motifs is 3. The third kappa shape index (κ3) is 9.69. The summed E-state index contributed by atoms with van der Waals surface area (Å²) in [5, 5.41) is 25.9. The van der Waals surface area contributed by atoms with Gasteiger partial charge < -0.3 is 67.6 Å². The van der Waals surface area contributed by atoms with Gasteiger partial charge in [-0.1, -0.05) is 0 Å². The largest absolute Gasteiger partial charge is 0.509 e. The second-order valence-corrected chi connectivity index (χ2v) is 13.0. The molecule has 7 rings (SSSR count). The van der Waals surface area contributed by atoms with E-state index in [4.69, 9.17) is 46.7 Å². The molecule has 2 aromatic carbocycles. The lowest BCUT2D eigenvalue weighted by molar-refractivity contribution is -0.154. The molecule has 4 aromatic rings. The Morgan fingerprint density at radius 3 is 1.59 bits per heavy atom. The minimum Gasteiger partial charge on any atom is -0.463 e. The fraction of sp³-hybridized carbons (Fsp3) is 0.378. The van der Waals surface area contributed by atoms with E-state index in [9.17, 15) is 43.8 Å². The number of rotatable bonds is 10. The number of hydrogen-bond donors (Lipinski definition) is 4. The van der Waals surface area contributed by atoms with Crippen LogP contribution in [0.5, 0.6) is 11.5 Å². The van der Waals surface area contributed by atoms with E-state index in [0.29, 0.717) is 10.8 Å². The van der Waals surface area contributed by atoms with Crippen LogP contribution in [0.3, 0.4) is 0 Å². The van der Waals surface area contributed by atoms with E-state index >= 15 is 0 Å². The van der Waals surface area contributed by atoms with Gasteiger partial charge in [-0.15, -0.1) is 0 Å². The average Bonchev–Trinajstić information content (AvgIpc) is 3.77. The smallest absolute Gasteiger partial charge is 0.463 e. The van der Waals surface area contributed by atoms with Crippen LogP contribution in [0.1, 0.15) is 27.7 Å². The van der Waals surface area contributed by atoms with E-state index in [-0.39, 0.29) is 47.3 Å². The molecule has 308 valence electrons. The summed E-state index contributed by atoms with van der Waals surface area (Å²) in [5.74, 6) is -1.36. The predicted molar refractivity (Wildman–Crippen MR) is 193 cm³/mol. The van der Waals surface area contributed by atoms with Gasteiger partial charge in [-0.3, -0.25) is 19.2 Å². The zero-order chi connectivity index (χ0) is 41.8. The second-order valence-electron chi connectivity index (χ2n) is 13.0. The molecule has 0 saturated carbocycles. The van der Waals surface area contributed by atoms with Crippen molar-refractivity contribution in [1.29, 1.82) is 0 Å². The van der Waals surface area contributed by atoms with Crippen molar-refractivity contribution in [3.8, 4) is 11.5 Å². The molecule has 21 heteroatoms. The average molecular weight is 813 g/mol. The SMILES string of the molecule is CC(=O)Nc1cc2ccc(O[C@@H]3O[C@H](COC(C)=O)[C@@H]4OC(=O)OC34)cc2oc1=O.CC(=O)Nc1cc2ccc(O[C@@H]3O[C@H](COC(C)=O)[C@H](O)C3O)cc2oc1=O. The third-order valence-corrected chi connectivity index (χ3v) is 8.49. The summed E-state index contributed by atoms with van der Waals surface area (Å²) in [4.78, 5) is 79.7. The number of nitrogens with one attached hydrogen (secondary N) is 2. The summed E-state index contributed by atoms with van der Waals surface area (Å²) in [6.45, 7) is 4.65. The van der Waals surface area contributed by atoms with Crippen LogP contribution in [0.25, 0.3) is 21.9 Å². The van der Waals surface area contributed by atoms with Gasteiger partial charge in [0.05, 0.1) is 0 Å². The van der Waals surface area contributed by atoms with Crippen LogP contribution in [0.2, 0.25) is 0 Å². The highest BCUT2D eigenvalue weighted by Crippen LogP contribution is 2.34. The number of aliphatic hydroxyl groups is 2. The van der Waals surface area contributed by atoms with Gasteiger partial charge in [-0.2, -0.15) is 0 Å². The van der Waals surface area contributed by atoms with E-state index in [1.807, 2.05) is 0 Å². The summed E-state index contributed by atoms with van der Waals surface area (Å²) in [6, 6.07) is 12.2. The lowest BCUT2D eigenvalue weighted by atomic mass is 10.1. The van der Waals surface area contributed by atoms with Gasteiger partial charge >= 0.3 is 29.3 Å². The van der Waals surface area contributed by atoms with E-state index in [2.05, 4.69) is 10.6 Å². The minimum absolute atomic E-state index is 0.0136. The Morgan fingerprint density at radius 1 is 0.621 bits per heavy atom. The number of carbonyl (C=O) groups excluding carboxylic acids is 5. The third-order valence-electron chi connectivity index (χ3n) is 8.49. The molecule has 3 aliphatic rings. The summed E-state index contributed by atoms with van der Waals surface area (Å²) in [7, 11) is 0. The van der Waals surface area contributed by atoms with Gasteiger partial charge in [0.25, 0.3) is 0 Å². The Balaban J connectivity index is 0.000000196. The highest BCUT2D eigenvalue weighted by Gasteiger charge is 2.56. The van der Waals surface area contributed by atoms with Gasteiger partial charge in [0.1, 0.15) is 71.7 Å². The van der Waals surface area contributed by atoms with Crippen LogP contribution in [0.15, 0.2) is 67.0 Å². The van der Waals surface area contributed by atoms with Gasteiger partial charge in [0.15, 0.2) is 6.10 Å². The minimum atomic E-state index is -1.37. The van der Waals surface area contributed by atoms with Crippen LogP contribution >= 0.6 is 0 Å². The predicted octanol–water partition coefficient (Wildman–Crippen LogP) is 1.46. The Bertz CT molecular complexity index is 2360. The lowest BCUT2D eigenvalue weighted by Crippen LogP contribution is -2.36. The van der Waals surface area contributed by atoms with E-state index in [0.717, 1.165) is 0 Å². The summed E-state index contributed by atoms with van der Waals surface area (Å²) >= 11 is 0. The molecular formula is C37H36N2O19. The first kappa shape index (κ1) is 41.1. The van der Waals surface area contributed by atoms with Crippen molar-refractivity contribution in [3.05, 3.63) is 69.4 Å². The molecule has 2 aromatic heterocycles. The molecule has 58 heavy (non-hydrogen) atoms. The van der Waals surface area contributed by atoms with Crippen molar-refractivity contribution >= 4 is 63.2 Å². The lowest BCUT2D eigenvalue weighted by Gasteiger charge is -2.18. The molecule has 0 spiro atoms. The normalized spacial score (nSPS) is 24.4. The van der Waals surface area contributed by atoms with Crippen LogP contribution in [-0.4, -0.2) is 103 Å². The maximum Gasteiger partial charge on any atom is 0.509 e. The van der Waals surface area contributed by atoms with E-state index < -0.39 is 90.4 Å². The van der Waals surface area contributed by atoms with Gasteiger partial charge in [0, 0.05) is 50.6 Å². The maximum atomic E-state index is 12.0. The maximum absolute atomic E-state index is 12.0. The number of amides is 2. The molecule has 4 N–H and O–H groups in total. The topological polar surface area (TPSA) is 284 Å². The molecule has 5 heterocycles. The van der Waals surface area contributed by atoms with Crippen molar-refractivity contribution in [2.45, 2.75) is 76.9 Å². The standard InChI is InChI=1S/C19H17NO10.C18H19NO9/c1-8(21)20-12-5-10-3-4-11(6-13(10)27-17(12)23)26-18-16-15(29-19(24)30-16)14(28-18)7-25-9(2)22;1-8(20)19-12-5-10-3-4-11(6-13(10)27-17(12)24)26-18-16(23)15(22)14(28-18)7-25-9(2)21/h3-6,14-16,18H,7H2,1-2H3,(H,20,21);3-6,14-16,18,22-23H,7H2,1-2H3,(H,19,20)/t2*14-,15+,16?,18-/m11/s1. The van der Waals surface area contributed by atoms with Gasteiger partial charge in [-0.25, -0.2) is 14.4 Å². The molecule has 8 atom stereocenters. The molecule has 21 nitrogen and oxygen atoms in total. The number of esters is 2. The van der Waals surface area contributed by atoms with Crippen LogP contribution in [0, 0.1) is 0 Å². The number of carbonyl (C=O) groups is 5. The highest BCUT2D eigenvalue weighted by atomic mass is 16.8. The van der Waals surface area contributed by atoms with E-state index in [1.54, 1.807) is 24.3 Å². The first-order chi connectivity index (χ1) is 27.5. The zero-order valence-electron chi connectivity index (χ0n) is 31.0. The van der Waals surface area contributed by atoms with Crippen molar-refractivity contribution in [1.82, 2.24) is 0 Å². The Kier molecular flexibility index (Phi) is 12.3. The monoisotopic (exact) mass is 812 g/mol. The quantitative estimate of drug-likeness (QED) is 0.100. The Labute approximate surface area is 325 Å².